The van der Waals surface area contributed by atoms with Crippen LogP contribution in [0.4, 0.5) is 0 Å². The Bertz CT molecular complexity index is 609. The quantitative estimate of drug-likeness (QED) is 0.894. The molecule has 1 aliphatic carbocycles. The fraction of sp³-hybridized carbons (Fsp3) is 0.417. The molecule has 0 bridgehead atoms. The van der Waals surface area contributed by atoms with Gasteiger partial charge in [-0.05, 0) is 18.9 Å². The molecule has 2 heterocycles. The minimum atomic E-state index is -1.28. The van der Waals surface area contributed by atoms with Gasteiger partial charge >= 0.3 is 0 Å². The van der Waals surface area contributed by atoms with Crippen molar-refractivity contribution in [1.82, 2.24) is 20.2 Å². The fourth-order valence-corrected chi connectivity index (χ4v) is 2.66. The minimum Gasteiger partial charge on any atom is -0.481 e. The van der Waals surface area contributed by atoms with E-state index in [0.717, 1.165) is 18.7 Å². The van der Waals surface area contributed by atoms with Gasteiger partial charge in [-0.2, -0.15) is 0 Å². The molecule has 1 N–H and O–H groups in total. The number of nitrogens with zero attached hydrogens (tertiary/aromatic N) is 3. The summed E-state index contributed by atoms with van der Waals surface area (Å²) in [5.74, 6) is 2.14. The van der Waals surface area contributed by atoms with Gasteiger partial charge < -0.3 is 4.74 Å². The van der Waals surface area contributed by atoms with Crippen LogP contribution >= 0.6 is 0 Å². The lowest BCUT2D eigenvalue weighted by Gasteiger charge is -2.01. The van der Waals surface area contributed by atoms with E-state index in [-0.39, 0.29) is 0 Å². The van der Waals surface area contributed by atoms with E-state index in [1.165, 1.54) is 0 Å². The molecule has 0 aromatic carbocycles. The zero-order valence-electron chi connectivity index (χ0n) is 10.5. The van der Waals surface area contributed by atoms with Crippen LogP contribution in [0.5, 0.6) is 5.88 Å². The Morgan fingerprint density at radius 2 is 2.26 bits per heavy atom. The highest BCUT2D eigenvalue weighted by atomic mass is 32.2. The predicted molar refractivity (Wildman–Crippen MR) is 69.3 cm³/mol. The van der Waals surface area contributed by atoms with E-state index in [0.29, 0.717) is 28.4 Å². The maximum atomic E-state index is 12.2. The van der Waals surface area contributed by atoms with Crippen LogP contribution in [0.3, 0.4) is 0 Å². The molecule has 1 fully saturated rings. The molecule has 19 heavy (non-hydrogen) atoms. The van der Waals surface area contributed by atoms with Crippen LogP contribution in [-0.2, 0) is 16.6 Å². The first-order valence-corrected chi connectivity index (χ1v) is 7.39. The van der Waals surface area contributed by atoms with Crippen molar-refractivity contribution in [2.45, 2.75) is 29.7 Å². The molecule has 0 aliphatic heterocycles. The van der Waals surface area contributed by atoms with Gasteiger partial charge in [0.1, 0.15) is 5.82 Å². The summed E-state index contributed by atoms with van der Waals surface area (Å²) in [6.45, 7) is 0. The topological polar surface area (TPSA) is 80.8 Å². The van der Waals surface area contributed by atoms with Crippen LogP contribution in [0, 0.1) is 0 Å². The molecular formula is C12H14N4O2S. The summed E-state index contributed by atoms with van der Waals surface area (Å²) >= 11 is 0. The normalized spacial score (nSPS) is 16.3. The Morgan fingerprint density at radius 1 is 1.42 bits per heavy atom. The molecule has 1 saturated carbocycles. The summed E-state index contributed by atoms with van der Waals surface area (Å²) in [5, 5.41) is 7.23. The van der Waals surface area contributed by atoms with Gasteiger partial charge in [0.15, 0.2) is 0 Å². The molecule has 0 spiro atoms. The van der Waals surface area contributed by atoms with E-state index in [4.69, 9.17) is 4.74 Å². The minimum absolute atomic E-state index is 0.291. The summed E-state index contributed by atoms with van der Waals surface area (Å²) in [4.78, 5) is 8.52. The summed E-state index contributed by atoms with van der Waals surface area (Å²) in [7, 11) is 0.272. The largest absolute Gasteiger partial charge is 0.481 e. The zero-order chi connectivity index (χ0) is 13.2. The Hall–Kier alpha value is -1.76. The van der Waals surface area contributed by atoms with Crippen molar-refractivity contribution in [1.29, 1.82) is 0 Å². The first-order valence-electron chi connectivity index (χ1n) is 6.07. The third-order valence-corrected chi connectivity index (χ3v) is 4.07. The molecule has 100 valence electrons. The van der Waals surface area contributed by atoms with Crippen molar-refractivity contribution >= 4 is 10.8 Å². The SMILES string of the molecule is COc1cccc(C[S@](=O)c2n[nH]c(C3CC3)n2)n1. The van der Waals surface area contributed by atoms with Crippen LogP contribution in [0.15, 0.2) is 23.4 Å². The van der Waals surface area contributed by atoms with E-state index in [1.807, 2.05) is 12.1 Å². The average molecular weight is 278 g/mol. The standard InChI is InChI=1S/C12H14N4O2S/c1-18-10-4-2-3-9(13-10)7-19(17)12-14-11(15-16-12)8-5-6-8/h2-4,8H,5-7H2,1H3,(H,14,15,16)/t19-/m0/s1. The fourth-order valence-electron chi connectivity index (χ4n) is 1.75. The van der Waals surface area contributed by atoms with Crippen molar-refractivity contribution in [3.8, 4) is 5.88 Å². The predicted octanol–water partition coefficient (Wildman–Crippen LogP) is 1.39. The molecule has 3 rings (SSSR count). The highest BCUT2D eigenvalue weighted by molar-refractivity contribution is 7.84. The number of aromatic nitrogens is 4. The summed E-state index contributed by atoms with van der Waals surface area (Å²) < 4.78 is 17.2. The zero-order valence-corrected chi connectivity index (χ0v) is 11.3. The molecule has 0 unspecified atom stereocenters. The maximum absolute atomic E-state index is 12.2. The third-order valence-electron chi connectivity index (χ3n) is 2.92. The summed E-state index contributed by atoms with van der Waals surface area (Å²) in [6, 6.07) is 5.39. The number of rotatable bonds is 5. The van der Waals surface area contributed by atoms with Gasteiger partial charge in [-0.1, -0.05) is 6.07 Å². The van der Waals surface area contributed by atoms with Gasteiger partial charge in [-0.25, -0.2) is 9.97 Å². The van der Waals surface area contributed by atoms with Crippen LogP contribution in [0.1, 0.15) is 30.3 Å². The van der Waals surface area contributed by atoms with E-state index in [2.05, 4.69) is 20.2 Å². The van der Waals surface area contributed by atoms with Gasteiger partial charge in [0.25, 0.3) is 0 Å². The van der Waals surface area contributed by atoms with Crippen molar-refractivity contribution in [3.05, 3.63) is 29.7 Å². The molecule has 0 radical (unpaired) electrons. The van der Waals surface area contributed by atoms with Crippen molar-refractivity contribution in [3.63, 3.8) is 0 Å². The van der Waals surface area contributed by atoms with Gasteiger partial charge in [0, 0.05) is 12.0 Å². The highest BCUT2D eigenvalue weighted by Crippen LogP contribution is 2.37. The second kappa shape index (κ2) is 5.08. The Morgan fingerprint density at radius 3 is 3.00 bits per heavy atom. The average Bonchev–Trinajstić information content (AvgIpc) is 3.16. The lowest BCUT2D eigenvalue weighted by molar-refractivity contribution is 0.397. The first-order chi connectivity index (χ1) is 9.26. The molecule has 1 aliphatic rings. The lowest BCUT2D eigenvalue weighted by Crippen LogP contribution is -2.01. The van der Waals surface area contributed by atoms with Gasteiger partial charge in [-0.15, -0.1) is 5.10 Å². The molecule has 0 saturated heterocycles. The second-order valence-corrected chi connectivity index (χ2v) is 5.78. The number of nitrogens with one attached hydrogen (secondary N) is 1. The third kappa shape index (κ3) is 2.81. The van der Waals surface area contributed by atoms with E-state index in [9.17, 15) is 4.21 Å². The number of H-pyrrole nitrogens is 1. The molecular weight excluding hydrogens is 264 g/mol. The Labute approximate surface area is 113 Å². The van der Waals surface area contributed by atoms with E-state index in [1.54, 1.807) is 13.2 Å². The van der Waals surface area contributed by atoms with E-state index < -0.39 is 10.8 Å². The first kappa shape index (κ1) is 12.3. The van der Waals surface area contributed by atoms with Gasteiger partial charge in [-0.3, -0.25) is 9.31 Å². The molecule has 0 amide bonds. The van der Waals surface area contributed by atoms with E-state index >= 15 is 0 Å². The molecule has 2 aromatic rings. The maximum Gasteiger partial charge on any atom is 0.239 e. The lowest BCUT2D eigenvalue weighted by atomic mass is 10.4. The monoisotopic (exact) mass is 278 g/mol. The van der Waals surface area contributed by atoms with Crippen LogP contribution in [0.25, 0.3) is 0 Å². The van der Waals surface area contributed by atoms with Crippen molar-refractivity contribution in [2.75, 3.05) is 7.11 Å². The van der Waals surface area contributed by atoms with Crippen LogP contribution < -0.4 is 4.74 Å². The highest BCUT2D eigenvalue weighted by Gasteiger charge is 2.28. The van der Waals surface area contributed by atoms with Gasteiger partial charge in [0.2, 0.25) is 11.0 Å². The summed E-state index contributed by atoms with van der Waals surface area (Å²) in [5.41, 5.74) is 0.704. The number of ether oxygens (including phenoxy) is 1. The van der Waals surface area contributed by atoms with Gasteiger partial charge in [0.05, 0.1) is 29.4 Å². The molecule has 2 aromatic heterocycles. The Balaban J connectivity index is 1.72. The number of methoxy groups -OCH3 is 1. The van der Waals surface area contributed by atoms with Crippen LogP contribution in [-0.4, -0.2) is 31.5 Å². The second-order valence-electron chi connectivity index (χ2n) is 4.44. The van der Waals surface area contributed by atoms with Crippen molar-refractivity contribution in [2.24, 2.45) is 0 Å². The Kier molecular flexibility index (Phi) is 3.29. The summed E-state index contributed by atoms with van der Waals surface area (Å²) in [6.07, 6.45) is 2.28. The molecule has 7 heteroatoms. The number of hydrogen-bond acceptors (Lipinski definition) is 5. The molecule has 6 nitrogen and oxygen atoms in total. The number of hydrogen-bond donors (Lipinski definition) is 1. The smallest absolute Gasteiger partial charge is 0.239 e. The van der Waals surface area contributed by atoms with Crippen molar-refractivity contribution < 1.29 is 8.95 Å². The number of aromatic amines is 1. The van der Waals surface area contributed by atoms with Crippen LogP contribution in [0.2, 0.25) is 0 Å². The number of pyridine rings is 1. The molecule has 1 atom stereocenters.